The number of likely N-dealkylation sites (tertiary alicyclic amines) is 1. The predicted octanol–water partition coefficient (Wildman–Crippen LogP) is 3.82. The van der Waals surface area contributed by atoms with Crippen molar-refractivity contribution in [2.24, 2.45) is 11.8 Å². The van der Waals surface area contributed by atoms with Crippen LogP contribution in [0.3, 0.4) is 0 Å². The molecule has 1 aromatic carbocycles. The Morgan fingerprint density at radius 1 is 1.08 bits per heavy atom. The Kier molecular flexibility index (Phi) is 7.20. The topological polar surface area (TPSA) is 81.2 Å². The van der Waals surface area contributed by atoms with Gasteiger partial charge in [-0.05, 0) is 38.3 Å². The van der Waals surface area contributed by atoms with Gasteiger partial charge in [-0.15, -0.1) is 11.8 Å². The summed E-state index contributed by atoms with van der Waals surface area (Å²) in [5.41, 5.74) is 1.49. The number of carbonyl (C=O) groups is 3. The molecule has 0 aromatic heterocycles. The van der Waals surface area contributed by atoms with Gasteiger partial charge >= 0.3 is 0 Å². The molecule has 204 valence electrons. The maximum absolute atomic E-state index is 14.6. The SMILES string of the molecule is CCCN1CC=C[C@@]2(C)S[C@]34C=CCN(c5c(C)cccc5Cl)C(=O)C3N([C@@H](CC)CO)C(=O)[C@@H]4[C@H]2C1=O. The van der Waals surface area contributed by atoms with Gasteiger partial charge < -0.3 is 19.8 Å². The first-order valence-electron chi connectivity index (χ1n) is 13.5. The van der Waals surface area contributed by atoms with Crippen LogP contribution in [0.15, 0.2) is 42.5 Å². The minimum absolute atomic E-state index is 0.0383. The lowest BCUT2D eigenvalue weighted by molar-refractivity contribution is -0.145. The Morgan fingerprint density at radius 3 is 2.47 bits per heavy atom. The zero-order valence-corrected chi connectivity index (χ0v) is 24.0. The summed E-state index contributed by atoms with van der Waals surface area (Å²) in [5, 5.41) is 10.8. The van der Waals surface area contributed by atoms with Crippen LogP contribution in [0.25, 0.3) is 0 Å². The lowest BCUT2D eigenvalue weighted by Crippen LogP contribution is -2.57. The number of hydrogen-bond acceptors (Lipinski definition) is 5. The predicted molar refractivity (Wildman–Crippen MR) is 151 cm³/mol. The number of halogens is 1. The first kappa shape index (κ1) is 27.3. The molecule has 0 aliphatic carbocycles. The lowest BCUT2D eigenvalue weighted by atomic mass is 9.74. The Bertz CT molecular complexity index is 1200. The van der Waals surface area contributed by atoms with Crippen LogP contribution in [0.2, 0.25) is 5.02 Å². The highest BCUT2D eigenvalue weighted by atomic mass is 35.5. The number of benzene rings is 1. The fourth-order valence-corrected chi connectivity index (χ4v) is 9.42. The molecule has 2 saturated heterocycles. The first-order chi connectivity index (χ1) is 18.1. The summed E-state index contributed by atoms with van der Waals surface area (Å²) in [6.45, 7) is 9.06. The molecule has 1 aromatic rings. The van der Waals surface area contributed by atoms with Crippen molar-refractivity contribution in [1.29, 1.82) is 0 Å². The standard InChI is InChI=1S/C29H36ClN3O4S/c1-5-14-31-15-8-12-28(4)21(25(31)35)22-26(36)33(19(6-2)17-34)24-27(37)32(16-9-13-29(22,24)38-28)23-18(3)10-7-11-20(23)30/h7-13,19,21-22,24,34H,5-6,14-17H2,1-4H3/t19-,21-,22-,24?,28+,29-/m0/s1. The summed E-state index contributed by atoms with van der Waals surface area (Å²) in [6.07, 6.45) is 9.36. The van der Waals surface area contributed by atoms with Gasteiger partial charge in [-0.25, -0.2) is 0 Å². The van der Waals surface area contributed by atoms with E-state index in [1.165, 1.54) is 0 Å². The van der Waals surface area contributed by atoms with Crippen LogP contribution in [-0.2, 0) is 14.4 Å². The van der Waals surface area contributed by atoms with Gasteiger partial charge in [-0.1, -0.05) is 61.9 Å². The van der Waals surface area contributed by atoms with E-state index in [1.54, 1.807) is 27.6 Å². The van der Waals surface area contributed by atoms with Gasteiger partial charge in [0.25, 0.3) is 5.91 Å². The average molecular weight is 558 g/mol. The van der Waals surface area contributed by atoms with Gasteiger partial charge in [-0.2, -0.15) is 0 Å². The quantitative estimate of drug-likeness (QED) is 0.538. The number of anilines is 1. The zero-order chi connectivity index (χ0) is 27.4. The third-order valence-electron chi connectivity index (χ3n) is 8.61. The Morgan fingerprint density at radius 2 is 1.82 bits per heavy atom. The highest BCUT2D eigenvalue weighted by molar-refractivity contribution is 8.02. The van der Waals surface area contributed by atoms with E-state index in [0.717, 1.165) is 12.0 Å². The molecule has 7 nitrogen and oxygen atoms in total. The molecule has 0 saturated carbocycles. The normalized spacial score (nSPS) is 33.3. The van der Waals surface area contributed by atoms with E-state index in [9.17, 15) is 19.5 Å². The number of nitrogens with zero attached hydrogens (tertiary/aromatic N) is 3. The molecule has 1 spiro atoms. The maximum atomic E-state index is 14.6. The number of thioether (sulfide) groups is 1. The molecule has 1 unspecified atom stereocenters. The van der Waals surface area contributed by atoms with E-state index in [4.69, 9.17) is 11.6 Å². The van der Waals surface area contributed by atoms with Gasteiger partial charge in [0, 0.05) is 24.4 Å². The molecule has 38 heavy (non-hydrogen) atoms. The minimum Gasteiger partial charge on any atom is -0.394 e. The number of carbonyl (C=O) groups excluding carboxylic acids is 3. The van der Waals surface area contributed by atoms with Crippen molar-refractivity contribution < 1.29 is 19.5 Å². The molecule has 0 bridgehead atoms. The number of aryl methyl sites for hydroxylation is 1. The second kappa shape index (κ2) is 10.0. The number of amides is 3. The van der Waals surface area contributed by atoms with Crippen LogP contribution in [0.1, 0.15) is 39.2 Å². The molecule has 1 N–H and O–H groups in total. The average Bonchev–Trinajstić information content (AvgIpc) is 3.15. The Balaban J connectivity index is 1.69. The fraction of sp³-hybridized carbons (Fsp3) is 0.552. The van der Waals surface area contributed by atoms with Gasteiger partial charge in [0.2, 0.25) is 11.8 Å². The van der Waals surface area contributed by atoms with E-state index in [2.05, 4.69) is 6.08 Å². The molecule has 0 radical (unpaired) electrons. The molecule has 9 heteroatoms. The largest absolute Gasteiger partial charge is 0.394 e. The molecule has 2 fully saturated rings. The molecule has 6 atom stereocenters. The summed E-state index contributed by atoms with van der Waals surface area (Å²) in [7, 11) is 0. The summed E-state index contributed by atoms with van der Waals surface area (Å²) in [4.78, 5) is 48.2. The second-order valence-corrected chi connectivity index (χ2v) is 13.1. The molecule has 3 amide bonds. The molecular formula is C29H36ClN3O4S. The van der Waals surface area contributed by atoms with Crippen molar-refractivity contribution in [3.8, 4) is 0 Å². The highest BCUT2D eigenvalue weighted by Crippen LogP contribution is 2.66. The number of hydrogen-bond donors (Lipinski definition) is 1. The van der Waals surface area contributed by atoms with Crippen molar-refractivity contribution >= 4 is 46.8 Å². The summed E-state index contributed by atoms with van der Waals surface area (Å²) < 4.78 is -1.60. The number of para-hydroxylation sites is 1. The molecular weight excluding hydrogens is 522 g/mol. The monoisotopic (exact) mass is 557 g/mol. The minimum atomic E-state index is -0.949. The summed E-state index contributed by atoms with van der Waals surface area (Å²) >= 11 is 8.18. The zero-order valence-electron chi connectivity index (χ0n) is 22.4. The van der Waals surface area contributed by atoms with Gasteiger partial charge in [0.1, 0.15) is 6.04 Å². The number of fused-ring (bicyclic) bond motifs is 2. The van der Waals surface area contributed by atoms with Crippen LogP contribution in [0, 0.1) is 18.8 Å². The van der Waals surface area contributed by atoms with E-state index >= 15 is 0 Å². The van der Waals surface area contributed by atoms with E-state index < -0.39 is 33.4 Å². The summed E-state index contributed by atoms with van der Waals surface area (Å²) in [5.74, 6) is -1.83. The van der Waals surface area contributed by atoms with Crippen molar-refractivity contribution in [1.82, 2.24) is 9.80 Å². The van der Waals surface area contributed by atoms with E-state index in [0.29, 0.717) is 36.8 Å². The molecule has 4 heterocycles. The smallest absolute Gasteiger partial charge is 0.251 e. The van der Waals surface area contributed by atoms with Crippen LogP contribution in [0.5, 0.6) is 0 Å². The third kappa shape index (κ3) is 3.86. The van der Waals surface area contributed by atoms with Crippen LogP contribution < -0.4 is 4.90 Å². The van der Waals surface area contributed by atoms with E-state index in [-0.39, 0.29) is 24.3 Å². The van der Waals surface area contributed by atoms with Crippen molar-refractivity contribution in [3.63, 3.8) is 0 Å². The van der Waals surface area contributed by atoms with Gasteiger partial charge in [0.15, 0.2) is 0 Å². The van der Waals surface area contributed by atoms with Crippen molar-refractivity contribution in [3.05, 3.63) is 53.1 Å². The molecule has 5 rings (SSSR count). The summed E-state index contributed by atoms with van der Waals surface area (Å²) in [6, 6.07) is 4.12. The fourth-order valence-electron chi connectivity index (χ4n) is 6.96. The van der Waals surface area contributed by atoms with E-state index in [1.807, 2.05) is 63.0 Å². The third-order valence-corrected chi connectivity index (χ3v) is 10.7. The maximum Gasteiger partial charge on any atom is 0.251 e. The van der Waals surface area contributed by atoms with Crippen molar-refractivity contribution in [2.45, 2.75) is 62.1 Å². The van der Waals surface area contributed by atoms with Crippen LogP contribution in [0.4, 0.5) is 5.69 Å². The Labute approximate surface area is 233 Å². The first-order valence-corrected chi connectivity index (χ1v) is 14.7. The van der Waals surface area contributed by atoms with Crippen LogP contribution >= 0.6 is 23.4 Å². The van der Waals surface area contributed by atoms with Crippen LogP contribution in [-0.4, -0.2) is 80.4 Å². The highest BCUT2D eigenvalue weighted by Gasteiger charge is 2.74. The number of aliphatic hydroxyl groups is 1. The van der Waals surface area contributed by atoms with Crippen molar-refractivity contribution in [2.75, 3.05) is 31.1 Å². The second-order valence-electron chi connectivity index (χ2n) is 10.9. The van der Waals surface area contributed by atoms with Gasteiger partial charge in [-0.3, -0.25) is 14.4 Å². The number of aliphatic hydroxyl groups excluding tert-OH is 1. The lowest BCUT2D eigenvalue weighted by Gasteiger charge is -2.39. The number of rotatable bonds is 6. The Hall–Kier alpha value is -2.29. The molecule has 4 aliphatic heterocycles. The molecule has 4 aliphatic rings. The van der Waals surface area contributed by atoms with Gasteiger partial charge in [0.05, 0.1) is 39.9 Å².